The maximum atomic E-state index is 11.3. The van der Waals surface area contributed by atoms with Crippen molar-refractivity contribution in [1.82, 2.24) is 10.4 Å². The summed E-state index contributed by atoms with van der Waals surface area (Å²) in [6.07, 6.45) is 6.79. The molecule has 2 unspecified atom stereocenters. The van der Waals surface area contributed by atoms with Crippen molar-refractivity contribution >= 4 is 5.91 Å². The molecule has 1 saturated carbocycles. The topological polar surface area (TPSA) is 77.2 Å². The number of carbonyl (C=O) groups excluding carboxylic acids is 1. The molecule has 0 saturated heterocycles. The highest BCUT2D eigenvalue weighted by atomic mass is 16.5. The summed E-state index contributed by atoms with van der Waals surface area (Å²) < 4.78 is 5.92. The van der Waals surface area contributed by atoms with E-state index in [2.05, 4.69) is 17.3 Å². The number of hydrogen-bond donors (Lipinski definition) is 2. The average molecular weight is 263 g/mol. The third kappa shape index (κ3) is 3.75. The minimum absolute atomic E-state index is 0.333. The maximum absolute atomic E-state index is 11.3. The Hall–Kier alpha value is -1.46. The predicted molar refractivity (Wildman–Crippen MR) is 72.1 cm³/mol. The molecule has 2 rings (SSSR count). The monoisotopic (exact) mass is 263 g/mol. The fourth-order valence-electron chi connectivity index (χ4n) is 2.45. The van der Waals surface area contributed by atoms with Crippen molar-refractivity contribution in [3.05, 3.63) is 29.6 Å². The van der Waals surface area contributed by atoms with E-state index in [-0.39, 0.29) is 5.91 Å². The van der Waals surface area contributed by atoms with Gasteiger partial charge < -0.3 is 4.74 Å². The lowest BCUT2D eigenvalue weighted by atomic mass is 9.88. The van der Waals surface area contributed by atoms with Crippen LogP contribution in [-0.4, -0.2) is 17.0 Å². The zero-order valence-corrected chi connectivity index (χ0v) is 11.3. The van der Waals surface area contributed by atoms with Crippen molar-refractivity contribution in [3.8, 4) is 0 Å². The van der Waals surface area contributed by atoms with E-state index in [1.54, 1.807) is 12.1 Å². The molecule has 1 amide bonds. The van der Waals surface area contributed by atoms with Crippen molar-refractivity contribution in [2.45, 2.75) is 45.3 Å². The number of aromatic nitrogens is 1. The highest BCUT2D eigenvalue weighted by Gasteiger charge is 2.21. The van der Waals surface area contributed by atoms with Crippen molar-refractivity contribution < 1.29 is 9.53 Å². The second-order valence-electron chi connectivity index (χ2n) is 5.12. The van der Waals surface area contributed by atoms with Crippen LogP contribution < -0.4 is 11.3 Å². The van der Waals surface area contributed by atoms with Crippen LogP contribution in [0.5, 0.6) is 0 Å². The standard InChI is InChI=1S/C14H21N3O2/c1-10-4-2-3-5-13(10)19-9-12-7-6-11(8-16-12)14(18)17-15/h6-8,10,13H,2-5,9,15H2,1H3,(H,17,18). The summed E-state index contributed by atoms with van der Waals surface area (Å²) in [5.41, 5.74) is 3.38. The van der Waals surface area contributed by atoms with Gasteiger partial charge in [0.25, 0.3) is 5.91 Å². The molecule has 5 nitrogen and oxygen atoms in total. The third-order valence-electron chi connectivity index (χ3n) is 3.70. The lowest BCUT2D eigenvalue weighted by Gasteiger charge is -2.28. The number of carbonyl (C=O) groups is 1. The van der Waals surface area contributed by atoms with Gasteiger partial charge in [0.2, 0.25) is 0 Å². The summed E-state index contributed by atoms with van der Waals surface area (Å²) in [4.78, 5) is 15.5. The van der Waals surface area contributed by atoms with Gasteiger partial charge in [-0.3, -0.25) is 15.2 Å². The number of rotatable bonds is 4. The number of hydrazine groups is 1. The van der Waals surface area contributed by atoms with Crippen molar-refractivity contribution in [1.29, 1.82) is 0 Å². The van der Waals surface area contributed by atoms with Gasteiger partial charge in [-0.05, 0) is 30.9 Å². The highest BCUT2D eigenvalue weighted by molar-refractivity contribution is 5.93. The van der Waals surface area contributed by atoms with Gasteiger partial charge in [0.1, 0.15) is 0 Å². The van der Waals surface area contributed by atoms with Crippen LogP contribution in [0.2, 0.25) is 0 Å². The number of ether oxygens (including phenoxy) is 1. The van der Waals surface area contributed by atoms with Crippen LogP contribution in [-0.2, 0) is 11.3 Å². The Morgan fingerprint density at radius 2 is 2.26 bits per heavy atom. The SMILES string of the molecule is CC1CCCCC1OCc1ccc(C(=O)NN)cn1. The summed E-state index contributed by atoms with van der Waals surface area (Å²) in [6.45, 7) is 2.74. The van der Waals surface area contributed by atoms with Gasteiger partial charge in [-0.25, -0.2) is 5.84 Å². The molecule has 3 N–H and O–H groups in total. The van der Waals surface area contributed by atoms with Gasteiger partial charge >= 0.3 is 0 Å². The van der Waals surface area contributed by atoms with E-state index in [1.165, 1.54) is 25.5 Å². The van der Waals surface area contributed by atoms with Crippen LogP contribution in [0.3, 0.4) is 0 Å². The molecule has 1 aliphatic rings. The fourth-order valence-corrected chi connectivity index (χ4v) is 2.45. The van der Waals surface area contributed by atoms with Gasteiger partial charge in [-0.15, -0.1) is 0 Å². The first-order valence-electron chi connectivity index (χ1n) is 6.78. The van der Waals surface area contributed by atoms with Crippen LogP contribution in [0.25, 0.3) is 0 Å². The van der Waals surface area contributed by atoms with Crippen molar-refractivity contribution in [3.63, 3.8) is 0 Å². The summed E-state index contributed by atoms with van der Waals surface area (Å²) in [5, 5.41) is 0. The molecule has 1 heterocycles. The molecule has 1 aromatic rings. The van der Waals surface area contributed by atoms with Gasteiger partial charge in [0.15, 0.2) is 0 Å². The van der Waals surface area contributed by atoms with E-state index in [1.807, 2.05) is 0 Å². The second kappa shape index (κ2) is 6.63. The lowest BCUT2D eigenvalue weighted by Crippen LogP contribution is -2.30. The molecule has 0 bridgehead atoms. The molecule has 2 atom stereocenters. The molecule has 1 aliphatic carbocycles. The normalized spacial score (nSPS) is 23.1. The second-order valence-corrected chi connectivity index (χ2v) is 5.12. The number of nitrogens with two attached hydrogens (primary N) is 1. The predicted octanol–water partition coefficient (Wildman–Crippen LogP) is 1.78. The first kappa shape index (κ1) is 14.0. The quantitative estimate of drug-likeness (QED) is 0.493. The zero-order valence-electron chi connectivity index (χ0n) is 11.3. The van der Waals surface area contributed by atoms with E-state index in [0.29, 0.717) is 24.2 Å². The summed E-state index contributed by atoms with van der Waals surface area (Å²) >= 11 is 0. The molecule has 0 aliphatic heterocycles. The van der Waals surface area contributed by atoms with E-state index in [9.17, 15) is 4.79 Å². The molecule has 104 valence electrons. The van der Waals surface area contributed by atoms with Crippen molar-refractivity contribution in [2.75, 3.05) is 0 Å². The Labute approximate surface area is 113 Å². The van der Waals surface area contributed by atoms with Crippen LogP contribution in [0.4, 0.5) is 0 Å². The minimum atomic E-state index is -0.333. The van der Waals surface area contributed by atoms with E-state index >= 15 is 0 Å². The van der Waals surface area contributed by atoms with Crippen LogP contribution in [0, 0.1) is 5.92 Å². The Morgan fingerprint density at radius 3 is 2.89 bits per heavy atom. The summed E-state index contributed by atoms with van der Waals surface area (Å²) in [5.74, 6) is 5.35. The number of nitrogen functional groups attached to an aromatic ring is 1. The molecule has 1 aromatic heterocycles. The summed E-state index contributed by atoms with van der Waals surface area (Å²) in [6, 6.07) is 3.51. The maximum Gasteiger partial charge on any atom is 0.266 e. The van der Waals surface area contributed by atoms with Gasteiger partial charge in [-0.2, -0.15) is 0 Å². The van der Waals surface area contributed by atoms with Gasteiger partial charge in [0.05, 0.1) is 24.0 Å². The Balaban J connectivity index is 1.87. The first-order valence-corrected chi connectivity index (χ1v) is 6.78. The lowest BCUT2D eigenvalue weighted by molar-refractivity contribution is -0.0167. The zero-order chi connectivity index (χ0) is 13.7. The van der Waals surface area contributed by atoms with Crippen LogP contribution >= 0.6 is 0 Å². The Kier molecular flexibility index (Phi) is 4.87. The van der Waals surface area contributed by atoms with E-state index < -0.39 is 0 Å². The first-order chi connectivity index (χ1) is 9.20. The van der Waals surface area contributed by atoms with Gasteiger partial charge in [-0.1, -0.05) is 19.8 Å². The molecular formula is C14H21N3O2. The molecular weight excluding hydrogens is 242 g/mol. The number of amides is 1. The molecule has 5 heteroatoms. The van der Waals surface area contributed by atoms with E-state index in [0.717, 1.165) is 12.1 Å². The molecule has 0 aromatic carbocycles. The highest BCUT2D eigenvalue weighted by Crippen LogP contribution is 2.26. The van der Waals surface area contributed by atoms with Gasteiger partial charge in [0, 0.05) is 6.20 Å². The van der Waals surface area contributed by atoms with Crippen LogP contribution in [0.1, 0.15) is 48.7 Å². The van der Waals surface area contributed by atoms with Crippen LogP contribution in [0.15, 0.2) is 18.3 Å². The Bertz CT molecular complexity index is 419. The smallest absolute Gasteiger partial charge is 0.266 e. The fraction of sp³-hybridized carbons (Fsp3) is 0.571. The minimum Gasteiger partial charge on any atom is -0.372 e. The number of hydrogen-bond acceptors (Lipinski definition) is 4. The van der Waals surface area contributed by atoms with Crippen molar-refractivity contribution in [2.24, 2.45) is 11.8 Å². The Morgan fingerprint density at radius 1 is 1.47 bits per heavy atom. The third-order valence-corrected chi connectivity index (χ3v) is 3.70. The van der Waals surface area contributed by atoms with E-state index in [4.69, 9.17) is 10.6 Å². The molecule has 19 heavy (non-hydrogen) atoms. The number of pyridine rings is 1. The summed E-state index contributed by atoms with van der Waals surface area (Å²) in [7, 11) is 0. The molecule has 0 radical (unpaired) electrons. The number of nitrogens with zero attached hydrogens (tertiary/aromatic N) is 1. The molecule has 0 spiro atoms. The average Bonchev–Trinajstić information content (AvgIpc) is 2.46. The number of nitrogens with one attached hydrogen (secondary N) is 1. The largest absolute Gasteiger partial charge is 0.372 e. The molecule has 1 fully saturated rings.